The molecular formula is C13H24S. The van der Waals surface area contributed by atoms with Gasteiger partial charge in [-0.2, -0.15) is 0 Å². The van der Waals surface area contributed by atoms with Crippen LogP contribution in [0.3, 0.4) is 0 Å². The van der Waals surface area contributed by atoms with Crippen molar-refractivity contribution < 1.29 is 0 Å². The molecular weight excluding hydrogens is 188 g/mol. The van der Waals surface area contributed by atoms with E-state index < -0.39 is 0 Å². The first-order valence-electron chi connectivity index (χ1n) is 5.24. The Morgan fingerprint density at radius 3 is 1.86 bits per heavy atom. The van der Waals surface area contributed by atoms with Crippen LogP contribution in [0.2, 0.25) is 0 Å². The highest BCUT2D eigenvalue weighted by molar-refractivity contribution is 7.84. The average molecular weight is 212 g/mol. The van der Waals surface area contributed by atoms with Gasteiger partial charge in [0.2, 0.25) is 0 Å². The Bertz CT molecular complexity index is 249. The zero-order chi connectivity index (χ0) is 11.5. The predicted molar refractivity (Wildman–Crippen MR) is 69.7 cm³/mol. The second kappa shape index (κ2) is 5.06. The maximum atomic E-state index is 4.53. The summed E-state index contributed by atoms with van der Waals surface area (Å²) in [4.78, 5) is 1.19. The van der Waals surface area contributed by atoms with Gasteiger partial charge in [-0.15, -0.1) is 12.6 Å². The summed E-state index contributed by atoms with van der Waals surface area (Å²) in [5.74, 6) is 0.516. The fourth-order valence-electron chi connectivity index (χ4n) is 1.07. The first-order valence-corrected chi connectivity index (χ1v) is 5.69. The van der Waals surface area contributed by atoms with Crippen LogP contribution < -0.4 is 0 Å². The van der Waals surface area contributed by atoms with E-state index in [0.717, 1.165) is 0 Å². The summed E-state index contributed by atoms with van der Waals surface area (Å²) in [5, 5.41) is 0. The van der Waals surface area contributed by atoms with E-state index >= 15 is 0 Å². The summed E-state index contributed by atoms with van der Waals surface area (Å²) in [6, 6.07) is 0. The van der Waals surface area contributed by atoms with Crippen molar-refractivity contribution in [3.8, 4) is 0 Å². The van der Waals surface area contributed by atoms with Crippen molar-refractivity contribution in [2.45, 2.75) is 48.5 Å². The minimum Gasteiger partial charge on any atom is -0.147 e. The summed E-state index contributed by atoms with van der Waals surface area (Å²) in [6.07, 6.45) is 2.25. The molecule has 0 saturated heterocycles. The Labute approximate surface area is 94.9 Å². The topological polar surface area (TPSA) is 0 Å². The van der Waals surface area contributed by atoms with Gasteiger partial charge in [-0.3, -0.25) is 0 Å². The van der Waals surface area contributed by atoms with Gasteiger partial charge in [0.25, 0.3) is 0 Å². The lowest BCUT2D eigenvalue weighted by Crippen LogP contribution is -2.06. The molecule has 0 unspecified atom stereocenters. The third kappa shape index (κ3) is 4.36. The van der Waals surface area contributed by atoms with Gasteiger partial charge in [-0.25, -0.2) is 0 Å². The van der Waals surface area contributed by atoms with E-state index in [9.17, 15) is 0 Å². The van der Waals surface area contributed by atoms with Crippen molar-refractivity contribution in [3.63, 3.8) is 0 Å². The standard InChI is InChI=1S/C13H24S/c1-9(2)12(14)10(3)8-11(4)13(5,6)7/h8-9,14H,1-7H3/b11-8+,12-10-. The van der Waals surface area contributed by atoms with Gasteiger partial charge in [-0.1, -0.05) is 46.3 Å². The van der Waals surface area contributed by atoms with Crippen molar-refractivity contribution in [1.29, 1.82) is 0 Å². The third-order valence-corrected chi connectivity index (χ3v) is 3.44. The minimum atomic E-state index is 0.256. The molecule has 1 heteroatoms. The smallest absolute Gasteiger partial charge is 0.0129 e. The first kappa shape index (κ1) is 13.8. The molecule has 0 aromatic rings. The summed E-state index contributed by atoms with van der Waals surface area (Å²) < 4.78 is 0. The van der Waals surface area contributed by atoms with Crippen molar-refractivity contribution in [2.75, 3.05) is 0 Å². The van der Waals surface area contributed by atoms with Gasteiger partial charge in [0.1, 0.15) is 0 Å². The predicted octanol–water partition coefficient (Wildman–Crippen LogP) is 4.84. The largest absolute Gasteiger partial charge is 0.147 e. The molecule has 0 radical (unpaired) electrons. The molecule has 0 saturated carbocycles. The quantitative estimate of drug-likeness (QED) is 0.491. The molecule has 0 aliphatic heterocycles. The number of hydrogen-bond acceptors (Lipinski definition) is 1. The second-order valence-corrected chi connectivity index (χ2v) is 5.78. The Kier molecular flexibility index (Phi) is 5.00. The highest BCUT2D eigenvalue weighted by Gasteiger charge is 2.12. The van der Waals surface area contributed by atoms with Crippen molar-refractivity contribution in [2.24, 2.45) is 11.3 Å². The van der Waals surface area contributed by atoms with E-state index in [2.05, 4.69) is 67.2 Å². The number of rotatable bonds is 2. The lowest BCUT2D eigenvalue weighted by atomic mass is 9.86. The molecule has 0 rings (SSSR count). The van der Waals surface area contributed by atoms with Crippen LogP contribution in [0.15, 0.2) is 22.1 Å². The van der Waals surface area contributed by atoms with Crippen molar-refractivity contribution in [3.05, 3.63) is 22.1 Å². The van der Waals surface area contributed by atoms with Gasteiger partial charge < -0.3 is 0 Å². The molecule has 0 amide bonds. The van der Waals surface area contributed by atoms with Gasteiger partial charge in [-0.05, 0) is 35.7 Å². The van der Waals surface area contributed by atoms with Crippen LogP contribution in [0.1, 0.15) is 48.5 Å². The van der Waals surface area contributed by atoms with Gasteiger partial charge in [0, 0.05) is 0 Å². The number of allylic oxidation sites excluding steroid dienone is 4. The lowest BCUT2D eigenvalue weighted by molar-refractivity contribution is 0.503. The summed E-state index contributed by atoms with van der Waals surface area (Å²) in [5.41, 5.74) is 2.95. The van der Waals surface area contributed by atoms with E-state index in [1.54, 1.807) is 0 Å². The summed E-state index contributed by atoms with van der Waals surface area (Å²) in [7, 11) is 0. The Hall–Kier alpha value is -0.170. The molecule has 0 atom stereocenters. The molecule has 0 aliphatic carbocycles. The van der Waals surface area contributed by atoms with Crippen LogP contribution in [0.5, 0.6) is 0 Å². The van der Waals surface area contributed by atoms with Crippen LogP contribution in [0, 0.1) is 11.3 Å². The molecule has 0 spiro atoms. The molecule has 14 heavy (non-hydrogen) atoms. The van der Waals surface area contributed by atoms with E-state index in [4.69, 9.17) is 0 Å². The fourth-order valence-corrected chi connectivity index (χ4v) is 1.14. The Balaban J connectivity index is 4.92. The van der Waals surface area contributed by atoms with Crippen LogP contribution in [-0.2, 0) is 0 Å². The van der Waals surface area contributed by atoms with Gasteiger partial charge in [0.15, 0.2) is 0 Å². The third-order valence-electron chi connectivity index (χ3n) is 2.57. The monoisotopic (exact) mass is 212 g/mol. The average Bonchev–Trinajstić information content (AvgIpc) is 2.00. The van der Waals surface area contributed by atoms with Crippen molar-refractivity contribution in [1.82, 2.24) is 0 Å². The minimum absolute atomic E-state index is 0.256. The highest BCUT2D eigenvalue weighted by Crippen LogP contribution is 2.27. The molecule has 0 aliphatic rings. The second-order valence-electron chi connectivity index (χ2n) is 5.30. The van der Waals surface area contributed by atoms with Crippen LogP contribution >= 0.6 is 12.6 Å². The van der Waals surface area contributed by atoms with Gasteiger partial charge in [0.05, 0.1) is 0 Å². The number of thiol groups is 1. The van der Waals surface area contributed by atoms with Crippen LogP contribution in [-0.4, -0.2) is 0 Å². The Morgan fingerprint density at radius 2 is 1.57 bits per heavy atom. The zero-order valence-electron chi connectivity index (χ0n) is 10.6. The molecule has 82 valence electrons. The van der Waals surface area contributed by atoms with Gasteiger partial charge >= 0.3 is 0 Å². The van der Waals surface area contributed by atoms with E-state index in [1.165, 1.54) is 16.1 Å². The summed E-state index contributed by atoms with van der Waals surface area (Å²) >= 11 is 4.53. The highest BCUT2D eigenvalue weighted by atomic mass is 32.1. The molecule has 0 bridgehead atoms. The van der Waals surface area contributed by atoms with E-state index in [-0.39, 0.29) is 5.41 Å². The lowest BCUT2D eigenvalue weighted by Gasteiger charge is -2.20. The number of hydrogen-bond donors (Lipinski definition) is 1. The Morgan fingerprint density at radius 1 is 1.14 bits per heavy atom. The van der Waals surface area contributed by atoms with E-state index in [0.29, 0.717) is 5.92 Å². The van der Waals surface area contributed by atoms with Crippen LogP contribution in [0.4, 0.5) is 0 Å². The molecule has 0 aromatic heterocycles. The molecule has 0 N–H and O–H groups in total. The molecule has 0 fully saturated rings. The van der Waals surface area contributed by atoms with Crippen LogP contribution in [0.25, 0.3) is 0 Å². The first-order chi connectivity index (χ1) is 6.16. The molecule has 0 heterocycles. The maximum Gasteiger partial charge on any atom is -0.0129 e. The van der Waals surface area contributed by atoms with E-state index in [1.807, 2.05) is 0 Å². The summed E-state index contributed by atoms with van der Waals surface area (Å²) in [6.45, 7) is 15.4. The molecule has 0 aromatic carbocycles. The SMILES string of the molecule is CC(/C=C(\C)C(C)(C)C)=C(/S)C(C)C. The molecule has 0 nitrogen and oxygen atoms in total. The zero-order valence-corrected chi connectivity index (χ0v) is 11.5. The van der Waals surface area contributed by atoms with Crippen molar-refractivity contribution >= 4 is 12.6 Å². The maximum absolute atomic E-state index is 4.53. The normalized spacial score (nSPS) is 15.9. The fraction of sp³-hybridized carbons (Fsp3) is 0.692.